The summed E-state index contributed by atoms with van der Waals surface area (Å²) in [6.07, 6.45) is 1.93. The van der Waals surface area contributed by atoms with Crippen LogP contribution in [0.3, 0.4) is 0 Å². The average Bonchev–Trinajstić information content (AvgIpc) is 2.97. The van der Waals surface area contributed by atoms with Crippen LogP contribution in [0.25, 0.3) is 0 Å². The molecule has 3 rings (SSSR count). The molecular formula is C12H17NO3S. The molecule has 0 aliphatic carbocycles. The number of rotatable bonds is 4. The molecule has 94 valence electrons. The van der Waals surface area contributed by atoms with Crippen molar-refractivity contribution < 1.29 is 14.3 Å². The van der Waals surface area contributed by atoms with Crippen molar-refractivity contribution in [3.63, 3.8) is 0 Å². The largest absolute Gasteiger partial charge is 0.373 e. The number of likely N-dealkylation sites (tertiary alicyclic amines) is 1. The minimum atomic E-state index is -0.159. The fourth-order valence-corrected chi connectivity index (χ4v) is 3.89. The summed E-state index contributed by atoms with van der Waals surface area (Å²) in [5.41, 5.74) is 0. The lowest BCUT2D eigenvalue weighted by Gasteiger charge is -2.16. The first-order valence-corrected chi connectivity index (χ1v) is 7.48. The van der Waals surface area contributed by atoms with Crippen LogP contribution in [0.1, 0.15) is 19.8 Å². The molecule has 5 heteroatoms. The van der Waals surface area contributed by atoms with E-state index in [2.05, 4.69) is 6.92 Å². The maximum absolute atomic E-state index is 12.2. The van der Waals surface area contributed by atoms with Gasteiger partial charge >= 0.3 is 0 Å². The number of ether oxygens (including phenoxy) is 1. The Kier molecular flexibility index (Phi) is 2.91. The Bertz CT molecular complexity index is 332. The molecule has 3 saturated heterocycles. The summed E-state index contributed by atoms with van der Waals surface area (Å²) in [6.45, 7) is 2.66. The van der Waals surface area contributed by atoms with Crippen LogP contribution in [0.5, 0.6) is 0 Å². The molecule has 4 nitrogen and oxygen atoms in total. The smallest absolute Gasteiger partial charge is 0.235 e. The van der Waals surface area contributed by atoms with E-state index in [-0.39, 0.29) is 35.9 Å². The number of nitrogens with zero attached hydrogens (tertiary/aromatic N) is 1. The average molecular weight is 255 g/mol. The third-order valence-electron chi connectivity index (χ3n) is 4.04. The number of carbonyl (C=O) groups excluding carboxylic acids is 2. The summed E-state index contributed by atoms with van der Waals surface area (Å²) in [6, 6.07) is 0. The monoisotopic (exact) mass is 255 g/mol. The van der Waals surface area contributed by atoms with Crippen molar-refractivity contribution in [3.05, 3.63) is 0 Å². The van der Waals surface area contributed by atoms with Crippen LogP contribution in [0, 0.1) is 11.8 Å². The Hall–Kier alpha value is -0.550. The van der Waals surface area contributed by atoms with Crippen LogP contribution in [0.2, 0.25) is 0 Å². The first-order chi connectivity index (χ1) is 8.24. The molecule has 4 atom stereocenters. The number of hydrogen-bond acceptors (Lipinski definition) is 4. The number of amides is 2. The molecule has 3 aliphatic rings. The molecule has 0 aromatic carbocycles. The van der Waals surface area contributed by atoms with Crippen LogP contribution < -0.4 is 0 Å². The van der Waals surface area contributed by atoms with Gasteiger partial charge in [-0.25, -0.2) is 0 Å². The Labute approximate surface area is 105 Å². The van der Waals surface area contributed by atoms with Crippen LogP contribution in [0.15, 0.2) is 0 Å². The molecule has 0 aromatic rings. The molecule has 17 heavy (non-hydrogen) atoms. The van der Waals surface area contributed by atoms with Gasteiger partial charge in [0.05, 0.1) is 24.0 Å². The van der Waals surface area contributed by atoms with Gasteiger partial charge in [0.25, 0.3) is 0 Å². The highest BCUT2D eigenvalue weighted by Gasteiger charge is 2.62. The molecule has 3 heterocycles. The highest BCUT2D eigenvalue weighted by atomic mass is 32.2. The zero-order valence-corrected chi connectivity index (χ0v) is 10.7. The summed E-state index contributed by atoms with van der Waals surface area (Å²) in [7, 11) is 0. The SMILES string of the molecule is CCSCCN1C(=O)[C@@H]2[C@H](C1=O)[C@H]1CC[C@@H]2O1. The van der Waals surface area contributed by atoms with E-state index in [4.69, 9.17) is 4.74 Å². The van der Waals surface area contributed by atoms with Crippen molar-refractivity contribution in [3.8, 4) is 0 Å². The Morgan fingerprint density at radius 2 is 1.82 bits per heavy atom. The second-order valence-electron chi connectivity index (χ2n) is 4.87. The van der Waals surface area contributed by atoms with E-state index >= 15 is 0 Å². The van der Waals surface area contributed by atoms with E-state index in [1.807, 2.05) is 0 Å². The highest BCUT2D eigenvalue weighted by Crippen LogP contribution is 2.48. The molecule has 0 spiro atoms. The predicted octanol–water partition coefficient (Wildman–Crippen LogP) is 0.902. The second-order valence-corrected chi connectivity index (χ2v) is 6.26. The van der Waals surface area contributed by atoms with E-state index < -0.39 is 0 Å². The summed E-state index contributed by atoms with van der Waals surface area (Å²) in [4.78, 5) is 25.9. The topological polar surface area (TPSA) is 46.6 Å². The minimum absolute atomic E-state index is 0.0175. The third-order valence-corrected chi connectivity index (χ3v) is 4.92. The Morgan fingerprint density at radius 1 is 1.24 bits per heavy atom. The lowest BCUT2D eigenvalue weighted by molar-refractivity contribution is -0.142. The van der Waals surface area contributed by atoms with E-state index in [1.165, 1.54) is 4.90 Å². The van der Waals surface area contributed by atoms with Crippen LogP contribution in [0.4, 0.5) is 0 Å². The lowest BCUT2D eigenvalue weighted by Crippen LogP contribution is -2.35. The van der Waals surface area contributed by atoms with Crippen molar-refractivity contribution in [1.29, 1.82) is 0 Å². The van der Waals surface area contributed by atoms with Gasteiger partial charge in [-0.3, -0.25) is 14.5 Å². The first kappa shape index (κ1) is 11.5. The van der Waals surface area contributed by atoms with Gasteiger partial charge in [-0.05, 0) is 18.6 Å². The summed E-state index contributed by atoms with van der Waals surface area (Å²) >= 11 is 1.77. The van der Waals surface area contributed by atoms with Crippen molar-refractivity contribution in [2.45, 2.75) is 32.0 Å². The highest BCUT2D eigenvalue weighted by molar-refractivity contribution is 7.99. The molecule has 3 fully saturated rings. The molecule has 0 saturated carbocycles. The Morgan fingerprint density at radius 3 is 2.35 bits per heavy atom. The van der Waals surface area contributed by atoms with Gasteiger partial charge in [-0.15, -0.1) is 0 Å². The molecule has 0 unspecified atom stereocenters. The Balaban J connectivity index is 1.72. The molecular weight excluding hydrogens is 238 g/mol. The third kappa shape index (κ3) is 1.63. The number of imide groups is 1. The maximum Gasteiger partial charge on any atom is 0.235 e. The normalized spacial score (nSPS) is 39.2. The van der Waals surface area contributed by atoms with Crippen molar-refractivity contribution in [1.82, 2.24) is 4.90 Å². The van der Waals surface area contributed by atoms with Crippen LogP contribution >= 0.6 is 11.8 Å². The molecule has 3 aliphatic heterocycles. The fourth-order valence-electron chi connectivity index (χ4n) is 3.29. The molecule has 2 bridgehead atoms. The molecule has 2 amide bonds. The van der Waals surface area contributed by atoms with Gasteiger partial charge in [-0.2, -0.15) is 11.8 Å². The molecule has 0 aromatic heterocycles. The van der Waals surface area contributed by atoms with Crippen LogP contribution in [-0.4, -0.2) is 47.0 Å². The fraction of sp³-hybridized carbons (Fsp3) is 0.833. The maximum atomic E-state index is 12.2. The van der Waals surface area contributed by atoms with Gasteiger partial charge in [0, 0.05) is 12.3 Å². The predicted molar refractivity (Wildman–Crippen MR) is 64.6 cm³/mol. The first-order valence-electron chi connectivity index (χ1n) is 6.32. The van der Waals surface area contributed by atoms with Crippen molar-refractivity contribution >= 4 is 23.6 Å². The number of carbonyl (C=O) groups is 2. The summed E-state index contributed by atoms with van der Waals surface area (Å²) in [5.74, 6) is 1.59. The van der Waals surface area contributed by atoms with Crippen molar-refractivity contribution in [2.24, 2.45) is 11.8 Å². The quantitative estimate of drug-likeness (QED) is 0.553. The van der Waals surface area contributed by atoms with Crippen LogP contribution in [-0.2, 0) is 14.3 Å². The van der Waals surface area contributed by atoms with Gasteiger partial charge in [0.1, 0.15) is 0 Å². The number of fused-ring (bicyclic) bond motifs is 5. The van der Waals surface area contributed by atoms with Gasteiger partial charge < -0.3 is 4.74 Å². The van der Waals surface area contributed by atoms with Gasteiger partial charge in [-0.1, -0.05) is 6.92 Å². The number of thioether (sulfide) groups is 1. The van der Waals surface area contributed by atoms with E-state index in [1.54, 1.807) is 11.8 Å². The summed E-state index contributed by atoms with van der Waals surface area (Å²) < 4.78 is 5.68. The van der Waals surface area contributed by atoms with E-state index in [0.717, 1.165) is 24.3 Å². The zero-order chi connectivity index (χ0) is 12.0. The summed E-state index contributed by atoms with van der Waals surface area (Å²) in [5, 5.41) is 0. The lowest BCUT2D eigenvalue weighted by atomic mass is 9.81. The molecule has 0 N–H and O–H groups in total. The van der Waals surface area contributed by atoms with E-state index in [0.29, 0.717) is 6.54 Å². The van der Waals surface area contributed by atoms with Gasteiger partial charge in [0.15, 0.2) is 0 Å². The van der Waals surface area contributed by atoms with E-state index in [9.17, 15) is 9.59 Å². The minimum Gasteiger partial charge on any atom is -0.373 e. The molecule has 0 radical (unpaired) electrons. The number of hydrogen-bond donors (Lipinski definition) is 0. The second kappa shape index (κ2) is 4.28. The zero-order valence-electron chi connectivity index (χ0n) is 9.93. The van der Waals surface area contributed by atoms with Crippen molar-refractivity contribution in [2.75, 3.05) is 18.1 Å². The van der Waals surface area contributed by atoms with Gasteiger partial charge in [0.2, 0.25) is 11.8 Å². The standard InChI is InChI=1S/C12H17NO3S/c1-2-17-6-5-13-11(14)9-7-3-4-8(16-7)10(9)12(13)15/h7-10H,2-6H2,1H3/t7-,8+,9-,10+.